The third-order valence-corrected chi connectivity index (χ3v) is 4.22. The van der Waals surface area contributed by atoms with Crippen molar-refractivity contribution >= 4 is 5.91 Å². The summed E-state index contributed by atoms with van der Waals surface area (Å²) in [7, 11) is 1.94. The van der Waals surface area contributed by atoms with E-state index in [0.717, 1.165) is 38.5 Å². The van der Waals surface area contributed by atoms with Crippen LogP contribution >= 0.6 is 0 Å². The van der Waals surface area contributed by atoms with Crippen LogP contribution < -0.4 is 5.73 Å². The first-order chi connectivity index (χ1) is 7.61. The Morgan fingerprint density at radius 1 is 1.31 bits per heavy atom. The highest BCUT2D eigenvalue weighted by atomic mass is 16.2. The molecule has 1 rings (SSSR count). The van der Waals surface area contributed by atoms with Crippen LogP contribution in [-0.2, 0) is 4.79 Å². The maximum atomic E-state index is 12.5. The molecule has 0 heterocycles. The summed E-state index contributed by atoms with van der Waals surface area (Å²) in [5, 5.41) is 0. The van der Waals surface area contributed by atoms with Gasteiger partial charge in [-0.3, -0.25) is 4.79 Å². The second kappa shape index (κ2) is 5.67. The second-order valence-electron chi connectivity index (χ2n) is 5.08. The Morgan fingerprint density at radius 3 is 2.19 bits per heavy atom. The zero-order chi connectivity index (χ0) is 12.2. The lowest BCUT2D eigenvalue weighted by molar-refractivity contribution is -0.142. The van der Waals surface area contributed by atoms with Gasteiger partial charge in [0.15, 0.2) is 0 Å². The Morgan fingerprint density at radius 2 is 1.81 bits per heavy atom. The van der Waals surface area contributed by atoms with E-state index >= 15 is 0 Å². The van der Waals surface area contributed by atoms with Gasteiger partial charge < -0.3 is 10.6 Å². The highest BCUT2D eigenvalue weighted by Gasteiger charge is 2.42. The molecule has 2 N–H and O–H groups in total. The summed E-state index contributed by atoms with van der Waals surface area (Å²) in [4.78, 5) is 14.4. The minimum absolute atomic E-state index is 0.239. The molecule has 0 atom stereocenters. The monoisotopic (exact) mass is 226 g/mol. The molecule has 0 aromatic carbocycles. The molecule has 0 aliphatic heterocycles. The lowest BCUT2D eigenvalue weighted by atomic mass is 9.84. The molecule has 0 aromatic rings. The first-order valence-corrected chi connectivity index (χ1v) is 6.58. The van der Waals surface area contributed by atoms with E-state index in [2.05, 4.69) is 13.8 Å². The van der Waals surface area contributed by atoms with E-state index < -0.39 is 0 Å². The highest BCUT2D eigenvalue weighted by molar-refractivity contribution is 5.83. The van der Waals surface area contributed by atoms with Crippen molar-refractivity contribution in [2.45, 2.75) is 58.4 Å². The first kappa shape index (κ1) is 13.5. The van der Waals surface area contributed by atoms with Crippen LogP contribution in [0.15, 0.2) is 0 Å². The lowest BCUT2D eigenvalue weighted by Gasteiger charge is -2.35. The fourth-order valence-electron chi connectivity index (χ4n) is 2.93. The molecule has 0 saturated heterocycles. The lowest BCUT2D eigenvalue weighted by Crippen LogP contribution is -2.48. The first-order valence-electron chi connectivity index (χ1n) is 6.58. The van der Waals surface area contributed by atoms with Crippen molar-refractivity contribution < 1.29 is 4.79 Å². The number of amides is 1. The summed E-state index contributed by atoms with van der Waals surface area (Å²) in [5.74, 6) is 0.279. The normalized spacial score (nSPS) is 19.1. The third kappa shape index (κ3) is 2.40. The molecular formula is C13H26N2O. The molecule has 1 aliphatic rings. The maximum absolute atomic E-state index is 12.5. The van der Waals surface area contributed by atoms with Gasteiger partial charge >= 0.3 is 0 Å². The molecule has 1 fully saturated rings. The summed E-state index contributed by atoms with van der Waals surface area (Å²) in [6.07, 6.45) is 6.32. The van der Waals surface area contributed by atoms with Crippen molar-refractivity contribution in [1.29, 1.82) is 0 Å². The quantitative estimate of drug-likeness (QED) is 0.781. The van der Waals surface area contributed by atoms with Crippen LogP contribution in [0, 0.1) is 5.41 Å². The number of nitrogens with two attached hydrogens (primary N) is 1. The molecular weight excluding hydrogens is 200 g/mol. The van der Waals surface area contributed by atoms with Gasteiger partial charge in [-0.05, 0) is 25.7 Å². The predicted octanol–water partition coefficient (Wildman–Crippen LogP) is 2.15. The maximum Gasteiger partial charge on any atom is 0.230 e. The Hall–Kier alpha value is -0.570. The number of hydrogen-bond donors (Lipinski definition) is 1. The molecule has 0 unspecified atom stereocenters. The fourth-order valence-corrected chi connectivity index (χ4v) is 2.93. The Kier molecular flexibility index (Phi) is 4.78. The molecule has 0 aromatic heterocycles. The van der Waals surface area contributed by atoms with Crippen LogP contribution in [0.25, 0.3) is 0 Å². The fraction of sp³-hybridized carbons (Fsp3) is 0.923. The van der Waals surface area contributed by atoms with Gasteiger partial charge in [0.05, 0.1) is 5.41 Å². The van der Waals surface area contributed by atoms with Crippen LogP contribution in [-0.4, -0.2) is 30.4 Å². The molecule has 1 aliphatic carbocycles. The van der Waals surface area contributed by atoms with Crippen LogP contribution in [0.3, 0.4) is 0 Å². The molecule has 16 heavy (non-hydrogen) atoms. The molecule has 94 valence electrons. The molecule has 0 spiro atoms. The molecule has 0 radical (unpaired) electrons. The minimum atomic E-state index is -0.239. The Bertz CT molecular complexity index is 230. The van der Waals surface area contributed by atoms with E-state index in [-0.39, 0.29) is 11.3 Å². The van der Waals surface area contributed by atoms with Crippen molar-refractivity contribution in [2.24, 2.45) is 11.1 Å². The molecule has 1 amide bonds. The molecule has 0 bridgehead atoms. The summed E-state index contributed by atoms with van der Waals surface area (Å²) in [5.41, 5.74) is 5.60. The van der Waals surface area contributed by atoms with E-state index in [0.29, 0.717) is 12.6 Å². The Labute approximate surface area is 99.4 Å². The largest absolute Gasteiger partial charge is 0.342 e. The smallest absolute Gasteiger partial charge is 0.230 e. The van der Waals surface area contributed by atoms with E-state index in [1.807, 2.05) is 11.9 Å². The summed E-state index contributed by atoms with van der Waals surface area (Å²) in [6, 6.07) is 0.372. The van der Waals surface area contributed by atoms with E-state index in [1.54, 1.807) is 0 Å². The van der Waals surface area contributed by atoms with Crippen LogP contribution in [0.1, 0.15) is 52.4 Å². The summed E-state index contributed by atoms with van der Waals surface area (Å²) >= 11 is 0. The van der Waals surface area contributed by atoms with Crippen molar-refractivity contribution in [1.82, 2.24) is 4.90 Å². The molecule has 3 heteroatoms. The highest BCUT2D eigenvalue weighted by Crippen LogP contribution is 2.39. The zero-order valence-electron chi connectivity index (χ0n) is 11.0. The minimum Gasteiger partial charge on any atom is -0.342 e. The summed E-state index contributed by atoms with van der Waals surface area (Å²) < 4.78 is 0. The number of carbonyl (C=O) groups is 1. The zero-order valence-corrected chi connectivity index (χ0v) is 11.0. The van der Waals surface area contributed by atoms with Crippen molar-refractivity contribution in [3.05, 3.63) is 0 Å². The Balaban J connectivity index is 2.74. The van der Waals surface area contributed by atoms with Gasteiger partial charge in [-0.2, -0.15) is 0 Å². The van der Waals surface area contributed by atoms with E-state index in [1.165, 1.54) is 0 Å². The number of nitrogens with zero attached hydrogens (tertiary/aromatic N) is 1. The van der Waals surface area contributed by atoms with Crippen molar-refractivity contribution in [3.63, 3.8) is 0 Å². The van der Waals surface area contributed by atoms with Gasteiger partial charge in [-0.15, -0.1) is 0 Å². The predicted molar refractivity (Wildman–Crippen MR) is 67.1 cm³/mol. The van der Waals surface area contributed by atoms with Gasteiger partial charge in [0.2, 0.25) is 5.91 Å². The topological polar surface area (TPSA) is 46.3 Å². The van der Waals surface area contributed by atoms with E-state index in [4.69, 9.17) is 5.73 Å². The number of hydrogen-bond acceptors (Lipinski definition) is 2. The SMILES string of the molecule is CCC(CC)N(C)C(=O)C1(CN)CCCC1. The second-order valence-corrected chi connectivity index (χ2v) is 5.08. The average Bonchev–Trinajstić information content (AvgIpc) is 2.79. The molecule has 1 saturated carbocycles. The van der Waals surface area contributed by atoms with E-state index in [9.17, 15) is 4.79 Å². The van der Waals surface area contributed by atoms with Gasteiger partial charge in [0.25, 0.3) is 0 Å². The van der Waals surface area contributed by atoms with Crippen LogP contribution in [0.2, 0.25) is 0 Å². The van der Waals surface area contributed by atoms with Crippen molar-refractivity contribution in [3.8, 4) is 0 Å². The number of carbonyl (C=O) groups excluding carboxylic acids is 1. The van der Waals surface area contributed by atoms with Crippen LogP contribution in [0.5, 0.6) is 0 Å². The van der Waals surface area contributed by atoms with Gasteiger partial charge in [-0.25, -0.2) is 0 Å². The average molecular weight is 226 g/mol. The van der Waals surface area contributed by atoms with Crippen molar-refractivity contribution in [2.75, 3.05) is 13.6 Å². The third-order valence-electron chi connectivity index (χ3n) is 4.22. The number of rotatable bonds is 5. The standard InChI is InChI=1S/C13H26N2O/c1-4-11(5-2)15(3)12(16)13(10-14)8-6-7-9-13/h11H,4-10,14H2,1-3H3. The van der Waals surface area contributed by atoms with Gasteiger partial charge in [0.1, 0.15) is 0 Å². The van der Waals surface area contributed by atoms with Gasteiger partial charge in [0, 0.05) is 19.6 Å². The summed E-state index contributed by atoms with van der Waals surface area (Å²) in [6.45, 7) is 4.79. The van der Waals surface area contributed by atoms with Gasteiger partial charge in [-0.1, -0.05) is 26.7 Å². The van der Waals surface area contributed by atoms with Crippen LogP contribution in [0.4, 0.5) is 0 Å². The molecule has 3 nitrogen and oxygen atoms in total.